The summed E-state index contributed by atoms with van der Waals surface area (Å²) in [4.78, 5) is 17.9. The Kier molecular flexibility index (Phi) is 19.6. The third-order valence-electron chi connectivity index (χ3n) is 5.57. The minimum absolute atomic E-state index is 0.00975. The van der Waals surface area contributed by atoms with Crippen molar-refractivity contribution in [3.63, 3.8) is 0 Å². The number of Topliss-reactive ketones (excluding diaryl/α,β-unsaturated/α-hetero) is 1. The van der Waals surface area contributed by atoms with E-state index in [0.29, 0.717) is 19.0 Å². The summed E-state index contributed by atoms with van der Waals surface area (Å²) >= 11 is 0. The summed E-state index contributed by atoms with van der Waals surface area (Å²) in [5, 5.41) is 7.59. The molecule has 4 N–H and O–H groups in total. The number of benzene rings is 1. The van der Waals surface area contributed by atoms with E-state index in [1.807, 2.05) is 80.7 Å². The molecule has 1 aromatic rings. The summed E-state index contributed by atoms with van der Waals surface area (Å²) in [6.07, 6.45) is 6.93. The number of anilines is 1. The molecule has 2 unspecified atom stereocenters. The molecule has 2 atom stereocenters. The average molecular weight is 594 g/mol. The van der Waals surface area contributed by atoms with Gasteiger partial charge in [-0.15, -0.1) is 5.48 Å². The number of hydrogen-bond acceptors (Lipinski definition) is 8. The Labute approximate surface area is 252 Å². The number of carbonyl (C=O) groups is 1. The molecule has 0 fully saturated rings. The van der Waals surface area contributed by atoms with Gasteiger partial charge in [-0.3, -0.25) is 4.79 Å². The highest BCUT2D eigenvalue weighted by Gasteiger charge is 2.29. The monoisotopic (exact) mass is 593 g/mol. The minimum Gasteiger partial charge on any atom is -0.477 e. The number of nitrogens with one attached hydrogen (secondary N) is 4. The van der Waals surface area contributed by atoms with Crippen molar-refractivity contribution in [1.29, 1.82) is 0 Å². The predicted octanol–water partition coefficient (Wildman–Crippen LogP) is 6.73. The van der Waals surface area contributed by atoms with E-state index in [2.05, 4.69) is 35.4 Å². The SMILES string of the molecule is CC.CC.CC.CC1=CC(COC2=CC(C)=C(C3=CC(C(=O)CNc4c(F)cccc4F)NN3C)CN2)NO1.CCC. The van der Waals surface area contributed by atoms with Gasteiger partial charge in [0.15, 0.2) is 11.7 Å². The second kappa shape index (κ2) is 21.4. The molecule has 0 amide bonds. The Balaban J connectivity index is 0.00000169. The standard InChI is InChI=1S/C23H27F2N5O3.C3H8.3C2H6/c1-13-7-22(32-12-15-8-14(2)33-29-15)26-10-16(13)20-9-19(28-30(20)3)21(31)11-27-23-17(24)5-4-6-18(23)25;1-3-2;3*1-2/h4-9,15,19,26-29H,10-12H2,1-3H3;3H2,1-2H3;3*1-2H3. The molecule has 10 heteroatoms. The fourth-order valence-electron chi connectivity index (χ4n) is 3.82. The number of nitrogens with zero attached hydrogens (tertiary/aromatic N) is 1. The first-order valence-corrected chi connectivity index (χ1v) is 15.0. The summed E-state index contributed by atoms with van der Waals surface area (Å²) in [5.41, 5.74) is 8.53. The highest BCUT2D eigenvalue weighted by Crippen LogP contribution is 2.26. The molecule has 0 bridgehead atoms. The van der Waals surface area contributed by atoms with Gasteiger partial charge in [-0.25, -0.2) is 14.2 Å². The number of hydrogen-bond donors (Lipinski definition) is 4. The van der Waals surface area contributed by atoms with Crippen LogP contribution in [0.2, 0.25) is 0 Å². The van der Waals surface area contributed by atoms with Gasteiger partial charge in [0, 0.05) is 19.7 Å². The zero-order chi connectivity index (χ0) is 32.2. The van der Waals surface area contributed by atoms with Gasteiger partial charge in [0.25, 0.3) is 0 Å². The summed E-state index contributed by atoms with van der Waals surface area (Å²) in [6, 6.07) is 2.93. The number of rotatable bonds is 8. The molecule has 3 aliphatic heterocycles. The minimum atomic E-state index is -0.739. The molecule has 238 valence electrons. The van der Waals surface area contributed by atoms with E-state index in [1.165, 1.54) is 12.5 Å². The molecule has 0 radical (unpaired) electrons. The van der Waals surface area contributed by atoms with Gasteiger partial charge < -0.3 is 25.2 Å². The van der Waals surface area contributed by atoms with E-state index in [4.69, 9.17) is 9.57 Å². The van der Waals surface area contributed by atoms with Crippen molar-refractivity contribution >= 4 is 11.5 Å². The van der Waals surface area contributed by atoms with Crippen molar-refractivity contribution in [2.75, 3.05) is 32.1 Å². The molecule has 0 aromatic heterocycles. The smallest absolute Gasteiger partial charge is 0.187 e. The number of halogens is 2. The lowest BCUT2D eigenvalue weighted by molar-refractivity contribution is -0.118. The molecule has 8 nitrogen and oxygen atoms in total. The van der Waals surface area contributed by atoms with Gasteiger partial charge in [-0.1, -0.05) is 67.9 Å². The lowest BCUT2D eigenvalue weighted by Gasteiger charge is -2.25. The van der Waals surface area contributed by atoms with E-state index < -0.39 is 17.7 Å². The number of ketones is 1. The molecule has 3 heterocycles. The van der Waals surface area contributed by atoms with Crippen LogP contribution in [0, 0.1) is 11.6 Å². The molecule has 3 aliphatic rings. The first-order chi connectivity index (χ1) is 20.2. The lowest BCUT2D eigenvalue weighted by Crippen LogP contribution is -2.41. The lowest BCUT2D eigenvalue weighted by atomic mass is 10.0. The van der Waals surface area contributed by atoms with Gasteiger partial charge in [0.05, 0.1) is 18.3 Å². The van der Waals surface area contributed by atoms with Gasteiger partial charge in [0.1, 0.15) is 35.7 Å². The summed E-state index contributed by atoms with van der Waals surface area (Å²) < 4.78 is 33.4. The second-order valence-electron chi connectivity index (χ2n) is 8.78. The van der Waals surface area contributed by atoms with Crippen LogP contribution in [0.4, 0.5) is 14.5 Å². The topological polar surface area (TPSA) is 86.9 Å². The van der Waals surface area contributed by atoms with Gasteiger partial charge in [-0.05, 0) is 49.3 Å². The number of likely N-dealkylation sites (N-methyl/N-ethyl adjacent to an activating group) is 1. The molecule has 4 rings (SSSR count). The quantitative estimate of drug-likeness (QED) is 0.264. The van der Waals surface area contributed by atoms with Crippen molar-refractivity contribution in [1.82, 2.24) is 21.2 Å². The Morgan fingerprint density at radius 3 is 2.19 bits per heavy atom. The average Bonchev–Trinajstić information content (AvgIpc) is 3.60. The van der Waals surface area contributed by atoms with Crippen molar-refractivity contribution in [2.45, 2.75) is 87.7 Å². The van der Waals surface area contributed by atoms with Crippen molar-refractivity contribution in [2.24, 2.45) is 0 Å². The van der Waals surface area contributed by atoms with E-state index >= 15 is 0 Å². The predicted molar refractivity (Wildman–Crippen MR) is 169 cm³/mol. The first kappa shape index (κ1) is 38.6. The molecule has 0 spiro atoms. The van der Waals surface area contributed by atoms with Crippen LogP contribution in [0.1, 0.15) is 75.7 Å². The van der Waals surface area contributed by atoms with Gasteiger partial charge in [0.2, 0.25) is 0 Å². The van der Waals surface area contributed by atoms with Crippen molar-refractivity contribution in [3.8, 4) is 0 Å². The summed E-state index contributed by atoms with van der Waals surface area (Å²) in [6.45, 7) is 20.8. The van der Waals surface area contributed by atoms with Crippen LogP contribution in [0.5, 0.6) is 0 Å². The van der Waals surface area contributed by atoms with Crippen LogP contribution in [0.25, 0.3) is 0 Å². The van der Waals surface area contributed by atoms with Crippen LogP contribution in [0.3, 0.4) is 0 Å². The van der Waals surface area contributed by atoms with Crippen LogP contribution >= 0.6 is 0 Å². The van der Waals surface area contributed by atoms with Crippen molar-refractivity contribution < 1.29 is 23.1 Å². The van der Waals surface area contributed by atoms with Crippen LogP contribution in [0.15, 0.2) is 64.9 Å². The summed E-state index contributed by atoms with van der Waals surface area (Å²) in [5.74, 6) is -0.243. The number of dihydropyridines is 1. The Hall–Kier alpha value is -3.37. The molecule has 0 saturated heterocycles. The van der Waals surface area contributed by atoms with E-state index in [1.54, 1.807) is 5.01 Å². The highest BCUT2D eigenvalue weighted by atomic mass is 19.1. The normalized spacial score (nSPS) is 18.4. The Morgan fingerprint density at radius 2 is 1.67 bits per heavy atom. The summed E-state index contributed by atoms with van der Waals surface area (Å²) in [7, 11) is 1.82. The third kappa shape index (κ3) is 11.9. The fraction of sp³-hybridized carbons (Fsp3) is 0.531. The number of para-hydroxylation sites is 1. The Bertz CT molecular complexity index is 1070. The van der Waals surface area contributed by atoms with Crippen LogP contribution < -0.4 is 21.5 Å². The molecule has 0 aliphatic carbocycles. The maximum absolute atomic E-state index is 13.8. The van der Waals surface area contributed by atoms with Gasteiger partial charge >= 0.3 is 0 Å². The molecular weight excluding hydrogens is 540 g/mol. The number of ether oxygens (including phenoxy) is 1. The van der Waals surface area contributed by atoms with Gasteiger partial charge in [-0.2, -0.15) is 0 Å². The molecule has 1 aromatic carbocycles. The fourth-order valence-corrected chi connectivity index (χ4v) is 3.82. The number of allylic oxidation sites excluding steroid dienone is 3. The van der Waals surface area contributed by atoms with E-state index in [-0.39, 0.29) is 24.1 Å². The van der Waals surface area contributed by atoms with Crippen molar-refractivity contribution in [3.05, 3.63) is 76.5 Å². The largest absolute Gasteiger partial charge is 0.477 e. The second-order valence-corrected chi connectivity index (χ2v) is 8.78. The first-order valence-electron chi connectivity index (χ1n) is 15.0. The number of hydrazine groups is 1. The molecular formula is C32H53F2N5O3. The highest BCUT2D eigenvalue weighted by molar-refractivity contribution is 5.90. The molecule has 0 saturated carbocycles. The maximum atomic E-state index is 13.8. The Morgan fingerprint density at radius 1 is 1.07 bits per heavy atom. The van der Waals surface area contributed by atoms with E-state index in [0.717, 1.165) is 34.7 Å². The number of hydroxylamine groups is 1. The zero-order valence-electron chi connectivity index (χ0n) is 27.4. The number of carbonyl (C=O) groups excluding carboxylic acids is 1. The maximum Gasteiger partial charge on any atom is 0.187 e. The van der Waals surface area contributed by atoms with Crippen LogP contribution in [-0.4, -0.2) is 49.6 Å². The zero-order valence-corrected chi connectivity index (χ0v) is 27.4. The van der Waals surface area contributed by atoms with Crippen LogP contribution in [-0.2, 0) is 14.4 Å². The third-order valence-corrected chi connectivity index (χ3v) is 5.57. The van der Waals surface area contributed by atoms with E-state index in [9.17, 15) is 13.6 Å². The molecule has 42 heavy (non-hydrogen) atoms.